The molecule has 0 aliphatic rings. The molecule has 0 amide bonds. The molecule has 1 heterocycles. The third kappa shape index (κ3) is 4.54. The number of ether oxygens (including phenoxy) is 1. The van der Waals surface area contributed by atoms with Gasteiger partial charge in [0.2, 0.25) is 5.95 Å². The van der Waals surface area contributed by atoms with Crippen LogP contribution in [-0.4, -0.2) is 22.5 Å². The molecule has 1 aromatic heterocycles. The third-order valence-electron chi connectivity index (χ3n) is 3.85. The van der Waals surface area contributed by atoms with E-state index in [0.29, 0.717) is 34.6 Å². The predicted octanol–water partition coefficient (Wildman–Crippen LogP) is 5.10. The quantitative estimate of drug-likeness (QED) is 0.577. The van der Waals surface area contributed by atoms with Gasteiger partial charge in [-0.1, -0.05) is 29.8 Å². The molecule has 3 rings (SSSR count). The smallest absolute Gasteiger partial charge is 0.340 e. The monoisotopic (exact) mass is 382 g/mol. The van der Waals surface area contributed by atoms with E-state index in [-0.39, 0.29) is 5.97 Å². The van der Waals surface area contributed by atoms with Crippen LogP contribution in [0.1, 0.15) is 22.8 Å². The number of esters is 1. The van der Waals surface area contributed by atoms with Gasteiger partial charge in [-0.3, -0.25) is 0 Å². The lowest BCUT2D eigenvalue weighted by atomic mass is 10.2. The minimum absolute atomic E-state index is 0.313. The molecule has 0 bridgehead atoms. The Morgan fingerprint density at radius 3 is 2.67 bits per heavy atom. The third-order valence-corrected chi connectivity index (χ3v) is 4.26. The van der Waals surface area contributed by atoms with Gasteiger partial charge in [0.1, 0.15) is 5.82 Å². The van der Waals surface area contributed by atoms with Crippen molar-refractivity contribution in [3.05, 3.63) is 70.9 Å². The largest absolute Gasteiger partial charge is 0.462 e. The van der Waals surface area contributed by atoms with Gasteiger partial charge in [0.15, 0.2) is 0 Å². The molecule has 2 N–H and O–H groups in total. The van der Waals surface area contributed by atoms with E-state index in [9.17, 15) is 4.79 Å². The Kier molecular flexibility index (Phi) is 5.88. The van der Waals surface area contributed by atoms with Crippen molar-refractivity contribution in [3.8, 4) is 0 Å². The maximum Gasteiger partial charge on any atom is 0.340 e. The molecule has 0 atom stereocenters. The molecule has 0 aliphatic carbocycles. The fraction of sp³-hybridized carbons (Fsp3) is 0.150. The minimum Gasteiger partial charge on any atom is -0.462 e. The number of carbonyl (C=O) groups excluding carboxylic acids is 1. The summed E-state index contributed by atoms with van der Waals surface area (Å²) in [7, 11) is 0. The van der Waals surface area contributed by atoms with Crippen molar-refractivity contribution in [2.75, 3.05) is 17.2 Å². The number of anilines is 4. The van der Waals surface area contributed by atoms with Crippen LogP contribution in [0.25, 0.3) is 0 Å². The molecule has 0 spiro atoms. The van der Waals surface area contributed by atoms with Gasteiger partial charge in [-0.2, -0.15) is 4.98 Å². The predicted molar refractivity (Wildman–Crippen MR) is 107 cm³/mol. The fourth-order valence-electron chi connectivity index (χ4n) is 2.47. The summed E-state index contributed by atoms with van der Waals surface area (Å²) in [6.45, 7) is 4.00. The maximum absolute atomic E-state index is 12.1. The second-order valence-electron chi connectivity index (χ2n) is 5.69. The first-order chi connectivity index (χ1) is 13.1. The summed E-state index contributed by atoms with van der Waals surface area (Å²) < 4.78 is 5.10. The van der Waals surface area contributed by atoms with Crippen molar-refractivity contribution in [1.29, 1.82) is 0 Å². The molecule has 7 heteroatoms. The van der Waals surface area contributed by atoms with Crippen LogP contribution in [0.2, 0.25) is 5.02 Å². The molecular weight excluding hydrogens is 364 g/mol. The highest BCUT2D eigenvalue weighted by Gasteiger charge is 2.12. The first kappa shape index (κ1) is 18.7. The van der Waals surface area contributed by atoms with E-state index in [1.54, 1.807) is 37.4 Å². The lowest BCUT2D eigenvalue weighted by Gasteiger charge is -2.12. The van der Waals surface area contributed by atoms with Gasteiger partial charge in [0.05, 0.1) is 17.9 Å². The second kappa shape index (κ2) is 8.51. The number of hydrogen-bond donors (Lipinski definition) is 2. The highest BCUT2D eigenvalue weighted by Crippen LogP contribution is 2.26. The molecule has 0 saturated heterocycles. The van der Waals surface area contributed by atoms with E-state index < -0.39 is 0 Å². The number of halogens is 1. The van der Waals surface area contributed by atoms with Crippen LogP contribution >= 0.6 is 11.6 Å². The van der Waals surface area contributed by atoms with Crippen LogP contribution in [0, 0.1) is 6.92 Å². The molecule has 2 aromatic carbocycles. The van der Waals surface area contributed by atoms with Gasteiger partial charge in [0.25, 0.3) is 0 Å². The Morgan fingerprint density at radius 2 is 1.85 bits per heavy atom. The zero-order valence-electron chi connectivity index (χ0n) is 15.0. The van der Waals surface area contributed by atoms with Gasteiger partial charge in [-0.15, -0.1) is 0 Å². The number of rotatable bonds is 6. The van der Waals surface area contributed by atoms with E-state index in [1.165, 1.54) is 0 Å². The molecule has 0 saturated carbocycles. The molecule has 0 fully saturated rings. The van der Waals surface area contributed by atoms with Gasteiger partial charge in [-0.05, 0) is 49.7 Å². The Balaban J connectivity index is 1.83. The van der Waals surface area contributed by atoms with Crippen molar-refractivity contribution >= 4 is 40.7 Å². The van der Waals surface area contributed by atoms with Crippen molar-refractivity contribution in [2.24, 2.45) is 0 Å². The van der Waals surface area contributed by atoms with E-state index in [4.69, 9.17) is 16.3 Å². The van der Waals surface area contributed by atoms with Gasteiger partial charge < -0.3 is 15.4 Å². The van der Waals surface area contributed by atoms with E-state index in [0.717, 1.165) is 11.3 Å². The topological polar surface area (TPSA) is 76.1 Å². The maximum atomic E-state index is 12.1. The van der Waals surface area contributed by atoms with Crippen molar-refractivity contribution in [3.63, 3.8) is 0 Å². The summed E-state index contributed by atoms with van der Waals surface area (Å²) in [5, 5.41) is 6.97. The van der Waals surface area contributed by atoms with Crippen molar-refractivity contribution in [1.82, 2.24) is 9.97 Å². The summed E-state index contributed by atoms with van der Waals surface area (Å²) in [6.07, 6.45) is 1.63. The van der Waals surface area contributed by atoms with Crippen LogP contribution in [0.3, 0.4) is 0 Å². The zero-order chi connectivity index (χ0) is 19.2. The molecule has 0 radical (unpaired) electrons. The normalized spacial score (nSPS) is 10.3. The van der Waals surface area contributed by atoms with Gasteiger partial charge >= 0.3 is 5.97 Å². The first-order valence-corrected chi connectivity index (χ1v) is 8.84. The standard InChI is InChI=1S/C20H19ClN4O2/c1-3-27-19(26)14-7-4-5-9-17(14)23-18-11-12-22-20(25-18)24-16-10-6-8-15(21)13(16)2/h4-12H,3H2,1-2H3,(H2,22,23,24,25). The van der Waals surface area contributed by atoms with Crippen molar-refractivity contribution in [2.45, 2.75) is 13.8 Å². The molecule has 27 heavy (non-hydrogen) atoms. The molecule has 138 valence electrons. The Hall–Kier alpha value is -3.12. The van der Waals surface area contributed by atoms with Crippen LogP contribution in [0.5, 0.6) is 0 Å². The van der Waals surface area contributed by atoms with E-state index in [1.807, 2.05) is 31.2 Å². The minimum atomic E-state index is -0.387. The van der Waals surface area contributed by atoms with Gasteiger partial charge in [-0.25, -0.2) is 9.78 Å². The van der Waals surface area contributed by atoms with Crippen molar-refractivity contribution < 1.29 is 9.53 Å². The lowest BCUT2D eigenvalue weighted by Crippen LogP contribution is -2.08. The SMILES string of the molecule is CCOC(=O)c1ccccc1Nc1ccnc(Nc2cccc(Cl)c2C)n1. The molecule has 0 unspecified atom stereocenters. The summed E-state index contributed by atoms with van der Waals surface area (Å²) in [5.41, 5.74) is 2.79. The average molecular weight is 383 g/mol. The number of nitrogens with one attached hydrogen (secondary N) is 2. The Morgan fingerprint density at radius 1 is 1.07 bits per heavy atom. The first-order valence-electron chi connectivity index (χ1n) is 8.47. The number of benzene rings is 2. The van der Waals surface area contributed by atoms with Gasteiger partial charge in [0, 0.05) is 16.9 Å². The second-order valence-corrected chi connectivity index (χ2v) is 6.10. The molecular formula is C20H19ClN4O2. The average Bonchev–Trinajstić information content (AvgIpc) is 2.66. The molecule has 6 nitrogen and oxygen atoms in total. The number of aromatic nitrogens is 2. The fourth-order valence-corrected chi connectivity index (χ4v) is 2.64. The molecule has 0 aliphatic heterocycles. The molecule has 3 aromatic rings. The lowest BCUT2D eigenvalue weighted by molar-refractivity contribution is 0.0527. The van der Waals surface area contributed by atoms with Crippen LogP contribution < -0.4 is 10.6 Å². The Labute approximate surface area is 162 Å². The van der Waals surface area contributed by atoms with E-state index >= 15 is 0 Å². The van der Waals surface area contributed by atoms with Crippen LogP contribution in [0.4, 0.5) is 23.1 Å². The summed E-state index contributed by atoms with van der Waals surface area (Å²) in [6, 6.07) is 14.4. The zero-order valence-corrected chi connectivity index (χ0v) is 15.7. The summed E-state index contributed by atoms with van der Waals surface area (Å²) in [5.74, 6) is 0.575. The number of carbonyl (C=O) groups is 1. The number of nitrogens with zero attached hydrogens (tertiary/aromatic N) is 2. The highest BCUT2D eigenvalue weighted by atomic mass is 35.5. The number of hydrogen-bond acceptors (Lipinski definition) is 6. The Bertz CT molecular complexity index is 962. The number of para-hydroxylation sites is 1. The van der Waals surface area contributed by atoms with E-state index in [2.05, 4.69) is 20.6 Å². The highest BCUT2D eigenvalue weighted by molar-refractivity contribution is 6.31. The van der Waals surface area contributed by atoms with Crippen LogP contribution in [-0.2, 0) is 4.74 Å². The summed E-state index contributed by atoms with van der Waals surface area (Å²) >= 11 is 6.15. The summed E-state index contributed by atoms with van der Waals surface area (Å²) in [4.78, 5) is 20.8. The van der Waals surface area contributed by atoms with Crippen LogP contribution in [0.15, 0.2) is 54.7 Å².